The molecule has 0 aromatic rings. The smallest absolute Gasteiger partial charge is 0.0656 e. The van der Waals surface area contributed by atoms with Gasteiger partial charge in [0.15, 0.2) is 0 Å². The number of rotatable bonds is 1. The van der Waals surface area contributed by atoms with Gasteiger partial charge in [-0.1, -0.05) is 5.57 Å². The molecule has 3 atom stereocenters. The van der Waals surface area contributed by atoms with Gasteiger partial charge in [0.1, 0.15) is 0 Å². The van der Waals surface area contributed by atoms with E-state index < -0.39 is 0 Å². The number of hydroxylamine groups is 2. The van der Waals surface area contributed by atoms with Crippen LogP contribution >= 0.6 is 0 Å². The first-order valence-electron chi connectivity index (χ1n) is 6.93. The number of hydrogen-bond acceptors (Lipinski definition) is 3. The van der Waals surface area contributed by atoms with E-state index in [1.807, 2.05) is 5.06 Å². The van der Waals surface area contributed by atoms with Crippen molar-refractivity contribution in [3.8, 4) is 6.07 Å². The van der Waals surface area contributed by atoms with E-state index in [4.69, 9.17) is 4.84 Å². The van der Waals surface area contributed by atoms with Gasteiger partial charge in [-0.3, -0.25) is 9.90 Å². The van der Waals surface area contributed by atoms with Crippen molar-refractivity contribution in [3.05, 3.63) is 23.4 Å². The van der Waals surface area contributed by atoms with Gasteiger partial charge in [-0.05, 0) is 49.7 Å². The quantitative estimate of drug-likeness (QED) is 0.711. The molecule has 1 aliphatic heterocycles. The maximum Gasteiger partial charge on any atom is 0.0656 e. The Kier molecular flexibility index (Phi) is 3.13. The Labute approximate surface area is 109 Å². The summed E-state index contributed by atoms with van der Waals surface area (Å²) in [6.45, 7) is 0.903. The highest BCUT2D eigenvalue weighted by Crippen LogP contribution is 2.46. The minimum atomic E-state index is 0.236. The second-order valence-corrected chi connectivity index (χ2v) is 5.66. The zero-order valence-corrected chi connectivity index (χ0v) is 10.9. The SMILES string of the molecule is CON1C=CC2=C3C(CCC2)CC(C#N)CC3C1. The Hall–Kier alpha value is -1.27. The van der Waals surface area contributed by atoms with Crippen LogP contribution in [0.15, 0.2) is 23.4 Å². The highest BCUT2D eigenvalue weighted by Gasteiger charge is 2.37. The van der Waals surface area contributed by atoms with Crippen molar-refractivity contribution >= 4 is 0 Å². The first-order chi connectivity index (χ1) is 8.81. The summed E-state index contributed by atoms with van der Waals surface area (Å²) in [6, 6.07) is 2.49. The number of nitriles is 1. The number of nitrogens with zero attached hydrogens (tertiary/aromatic N) is 2. The minimum absolute atomic E-state index is 0.236. The van der Waals surface area contributed by atoms with Crippen LogP contribution in [0.4, 0.5) is 0 Å². The Balaban J connectivity index is 1.94. The predicted octanol–water partition coefficient (Wildman–Crippen LogP) is 3.02. The van der Waals surface area contributed by atoms with E-state index in [1.54, 1.807) is 12.7 Å². The van der Waals surface area contributed by atoms with E-state index in [1.165, 1.54) is 24.8 Å². The molecule has 2 aliphatic carbocycles. The third kappa shape index (κ3) is 1.95. The van der Waals surface area contributed by atoms with Crippen molar-refractivity contribution in [1.29, 1.82) is 5.26 Å². The fourth-order valence-electron chi connectivity index (χ4n) is 3.90. The van der Waals surface area contributed by atoms with Crippen LogP contribution in [0.1, 0.15) is 32.1 Å². The summed E-state index contributed by atoms with van der Waals surface area (Å²) in [5.41, 5.74) is 3.16. The van der Waals surface area contributed by atoms with Crippen LogP contribution in [0.5, 0.6) is 0 Å². The molecule has 3 nitrogen and oxygen atoms in total. The molecular weight excluding hydrogens is 224 g/mol. The van der Waals surface area contributed by atoms with Gasteiger partial charge < -0.3 is 0 Å². The zero-order chi connectivity index (χ0) is 12.5. The van der Waals surface area contributed by atoms with Crippen LogP contribution in [0.3, 0.4) is 0 Å². The molecule has 3 unspecified atom stereocenters. The van der Waals surface area contributed by atoms with Crippen LogP contribution in [0, 0.1) is 29.1 Å². The van der Waals surface area contributed by atoms with E-state index in [0.717, 1.165) is 19.4 Å². The van der Waals surface area contributed by atoms with Crippen LogP contribution in [-0.4, -0.2) is 18.7 Å². The Morgan fingerprint density at radius 1 is 1.39 bits per heavy atom. The topological polar surface area (TPSA) is 36.3 Å². The molecule has 1 heterocycles. The molecule has 0 saturated heterocycles. The third-order valence-electron chi connectivity index (χ3n) is 4.65. The van der Waals surface area contributed by atoms with Crippen molar-refractivity contribution in [2.75, 3.05) is 13.7 Å². The van der Waals surface area contributed by atoms with E-state index in [-0.39, 0.29) is 5.92 Å². The van der Waals surface area contributed by atoms with Gasteiger partial charge in [-0.15, -0.1) is 0 Å². The summed E-state index contributed by atoms with van der Waals surface area (Å²) >= 11 is 0. The summed E-state index contributed by atoms with van der Waals surface area (Å²) in [4.78, 5) is 5.37. The van der Waals surface area contributed by atoms with Crippen LogP contribution in [0.2, 0.25) is 0 Å². The Morgan fingerprint density at radius 3 is 3.00 bits per heavy atom. The highest BCUT2D eigenvalue weighted by molar-refractivity contribution is 5.34. The Morgan fingerprint density at radius 2 is 2.22 bits per heavy atom. The maximum atomic E-state index is 9.25. The van der Waals surface area contributed by atoms with Crippen LogP contribution in [0.25, 0.3) is 0 Å². The van der Waals surface area contributed by atoms with Crippen molar-refractivity contribution in [1.82, 2.24) is 5.06 Å². The fourth-order valence-corrected chi connectivity index (χ4v) is 3.90. The second-order valence-electron chi connectivity index (χ2n) is 5.66. The molecular formula is C15H20N2O. The summed E-state index contributed by atoms with van der Waals surface area (Å²) in [6.07, 6.45) is 10.1. The Bertz CT molecular complexity index is 432. The minimum Gasteiger partial charge on any atom is -0.277 e. The summed E-state index contributed by atoms with van der Waals surface area (Å²) in [5, 5.41) is 11.2. The average Bonchev–Trinajstić information content (AvgIpc) is 2.59. The molecule has 18 heavy (non-hydrogen) atoms. The molecule has 0 aromatic carbocycles. The molecule has 0 amide bonds. The lowest BCUT2D eigenvalue weighted by molar-refractivity contribution is -0.0963. The van der Waals surface area contributed by atoms with Gasteiger partial charge in [0, 0.05) is 18.0 Å². The van der Waals surface area contributed by atoms with E-state index >= 15 is 0 Å². The van der Waals surface area contributed by atoms with E-state index in [0.29, 0.717) is 11.8 Å². The van der Waals surface area contributed by atoms with Crippen molar-refractivity contribution in [3.63, 3.8) is 0 Å². The van der Waals surface area contributed by atoms with Gasteiger partial charge in [-0.2, -0.15) is 5.26 Å². The average molecular weight is 244 g/mol. The molecule has 1 saturated carbocycles. The first kappa shape index (κ1) is 11.8. The molecule has 0 bridgehead atoms. The van der Waals surface area contributed by atoms with Crippen molar-refractivity contribution in [2.45, 2.75) is 32.1 Å². The summed E-state index contributed by atoms with van der Waals surface area (Å²) in [7, 11) is 1.72. The van der Waals surface area contributed by atoms with Gasteiger partial charge >= 0.3 is 0 Å². The second kappa shape index (κ2) is 4.78. The van der Waals surface area contributed by atoms with Crippen LogP contribution < -0.4 is 0 Å². The highest BCUT2D eigenvalue weighted by atomic mass is 16.7. The lowest BCUT2D eigenvalue weighted by Gasteiger charge is -2.39. The lowest BCUT2D eigenvalue weighted by Crippen LogP contribution is -2.33. The van der Waals surface area contributed by atoms with Gasteiger partial charge in [0.05, 0.1) is 19.7 Å². The molecule has 1 fully saturated rings. The fraction of sp³-hybridized carbons (Fsp3) is 0.667. The van der Waals surface area contributed by atoms with Gasteiger partial charge in [-0.25, -0.2) is 0 Å². The summed E-state index contributed by atoms with van der Waals surface area (Å²) < 4.78 is 0. The molecule has 3 rings (SSSR count). The molecule has 0 radical (unpaired) electrons. The van der Waals surface area contributed by atoms with Gasteiger partial charge in [0.2, 0.25) is 0 Å². The molecule has 96 valence electrons. The number of allylic oxidation sites excluding steroid dienone is 2. The maximum absolute atomic E-state index is 9.25. The number of hydrogen-bond donors (Lipinski definition) is 0. The lowest BCUT2D eigenvalue weighted by atomic mass is 9.66. The largest absolute Gasteiger partial charge is 0.277 e. The monoisotopic (exact) mass is 244 g/mol. The molecule has 0 spiro atoms. The third-order valence-corrected chi connectivity index (χ3v) is 4.65. The standard InChI is InChI=1S/C15H20N2O/c1-18-17-6-5-12-3-2-4-13-7-11(9-16)8-14(10-17)15(12)13/h5-6,11,13-14H,2-4,7-8,10H2,1H3. The summed E-state index contributed by atoms with van der Waals surface area (Å²) in [5.74, 6) is 1.40. The van der Waals surface area contributed by atoms with Crippen LogP contribution in [-0.2, 0) is 4.84 Å². The molecule has 3 aliphatic rings. The van der Waals surface area contributed by atoms with Crippen molar-refractivity contribution < 1.29 is 4.84 Å². The molecule has 0 N–H and O–H groups in total. The normalized spacial score (nSPS) is 34.9. The van der Waals surface area contributed by atoms with Gasteiger partial charge in [0.25, 0.3) is 0 Å². The molecule has 3 heteroatoms. The van der Waals surface area contributed by atoms with E-state index in [9.17, 15) is 5.26 Å². The van der Waals surface area contributed by atoms with Crippen molar-refractivity contribution in [2.24, 2.45) is 17.8 Å². The first-order valence-corrected chi connectivity index (χ1v) is 6.93. The molecule has 0 aromatic heterocycles. The predicted molar refractivity (Wildman–Crippen MR) is 69.0 cm³/mol. The zero-order valence-electron chi connectivity index (χ0n) is 10.9. The van der Waals surface area contributed by atoms with E-state index in [2.05, 4.69) is 18.3 Å².